The lowest BCUT2D eigenvalue weighted by molar-refractivity contribution is -0.139. The highest BCUT2D eigenvalue weighted by atomic mass is 32.2. The van der Waals surface area contributed by atoms with Crippen molar-refractivity contribution in [2.24, 2.45) is 0 Å². The third-order valence-electron chi connectivity index (χ3n) is 7.15. The van der Waals surface area contributed by atoms with Crippen LogP contribution in [0.1, 0.15) is 36.1 Å². The lowest BCUT2D eigenvalue weighted by Gasteiger charge is -2.37. The number of esters is 1. The lowest BCUT2D eigenvalue weighted by Crippen LogP contribution is -2.49. The Labute approximate surface area is 225 Å². The van der Waals surface area contributed by atoms with Crippen LogP contribution in [0.15, 0.2) is 64.7 Å². The molecule has 1 saturated heterocycles. The average Bonchev–Trinajstić information content (AvgIpc) is 3.13. The zero-order valence-electron chi connectivity index (χ0n) is 22.4. The second-order valence-electron chi connectivity index (χ2n) is 9.73. The highest BCUT2D eigenvalue weighted by Crippen LogP contribution is 2.33. The molecule has 1 N–H and O–H groups in total. The van der Waals surface area contributed by atoms with E-state index >= 15 is 0 Å². The smallest absolute Gasteiger partial charge is 0.338 e. The maximum atomic E-state index is 13.3. The molecule has 10 heteroatoms. The Balaban J connectivity index is 1.62. The third kappa shape index (κ3) is 5.77. The third-order valence-corrected chi connectivity index (χ3v) is 9.06. The van der Waals surface area contributed by atoms with Crippen LogP contribution in [0.25, 0.3) is 0 Å². The molecule has 38 heavy (non-hydrogen) atoms. The van der Waals surface area contributed by atoms with Crippen molar-refractivity contribution < 1.29 is 22.7 Å². The minimum atomic E-state index is -3.61. The molecule has 0 saturated carbocycles. The summed E-state index contributed by atoms with van der Waals surface area (Å²) in [5, 5.41) is 2.96. The molecule has 2 heterocycles. The standard InChI is InChI=1S/C28H36N4O5S/c1-5-37-27(33)25-24(30(4)28(34)29-26(25)23-10-7-6-9-21(23)3)19-31-15-8-16-32(18-17-31)38(35,36)22-13-11-20(2)12-14-22/h6-7,9-14,26H,5,8,15-19H2,1-4H3,(H,29,34)/t26-/m1/s1. The molecule has 0 unspecified atom stereocenters. The summed E-state index contributed by atoms with van der Waals surface area (Å²) in [5.74, 6) is -0.471. The molecule has 0 aliphatic carbocycles. The highest BCUT2D eigenvalue weighted by Gasteiger charge is 2.38. The van der Waals surface area contributed by atoms with Gasteiger partial charge in [-0.2, -0.15) is 4.31 Å². The van der Waals surface area contributed by atoms with E-state index in [4.69, 9.17) is 4.74 Å². The van der Waals surface area contributed by atoms with Crippen molar-refractivity contribution >= 4 is 22.0 Å². The monoisotopic (exact) mass is 540 g/mol. The van der Waals surface area contributed by atoms with E-state index in [2.05, 4.69) is 10.2 Å². The summed E-state index contributed by atoms with van der Waals surface area (Å²) in [4.78, 5) is 30.1. The van der Waals surface area contributed by atoms with Gasteiger partial charge in [0.1, 0.15) is 0 Å². The van der Waals surface area contributed by atoms with Crippen LogP contribution in [-0.4, -0.2) is 80.9 Å². The molecule has 1 atom stereocenters. The fourth-order valence-electron chi connectivity index (χ4n) is 4.96. The van der Waals surface area contributed by atoms with Crippen molar-refractivity contribution in [2.75, 3.05) is 46.4 Å². The number of carbonyl (C=O) groups excluding carboxylic acids is 2. The van der Waals surface area contributed by atoms with Gasteiger partial charge in [0.15, 0.2) is 0 Å². The molecular formula is C28H36N4O5S. The van der Waals surface area contributed by atoms with Gasteiger partial charge in [-0.1, -0.05) is 42.0 Å². The van der Waals surface area contributed by atoms with E-state index < -0.39 is 22.0 Å². The lowest BCUT2D eigenvalue weighted by atomic mass is 9.91. The SMILES string of the molecule is CCOC(=O)C1=C(CN2CCCN(S(=O)(=O)c3ccc(C)cc3)CC2)N(C)C(=O)N[C@@H]1c1ccccc1C. The molecule has 2 aromatic carbocycles. The van der Waals surface area contributed by atoms with E-state index in [1.807, 2.05) is 38.1 Å². The first-order valence-corrected chi connectivity index (χ1v) is 14.4. The van der Waals surface area contributed by atoms with Gasteiger partial charge in [-0.25, -0.2) is 18.0 Å². The summed E-state index contributed by atoms with van der Waals surface area (Å²) in [5.41, 5.74) is 3.75. The van der Waals surface area contributed by atoms with Gasteiger partial charge < -0.3 is 10.1 Å². The highest BCUT2D eigenvalue weighted by molar-refractivity contribution is 7.89. The predicted octanol–water partition coefficient (Wildman–Crippen LogP) is 3.21. The van der Waals surface area contributed by atoms with Crippen LogP contribution in [0, 0.1) is 13.8 Å². The first-order chi connectivity index (χ1) is 18.1. The van der Waals surface area contributed by atoms with Gasteiger partial charge in [-0.3, -0.25) is 9.80 Å². The Morgan fingerprint density at radius 2 is 1.74 bits per heavy atom. The molecule has 4 rings (SSSR count). The van der Waals surface area contributed by atoms with Gasteiger partial charge in [-0.15, -0.1) is 0 Å². The first kappa shape index (κ1) is 27.8. The number of benzene rings is 2. The van der Waals surface area contributed by atoms with Gasteiger partial charge in [-0.05, 0) is 57.0 Å². The van der Waals surface area contributed by atoms with Gasteiger partial charge >= 0.3 is 12.0 Å². The van der Waals surface area contributed by atoms with Crippen LogP contribution in [0.4, 0.5) is 4.79 Å². The summed E-state index contributed by atoms with van der Waals surface area (Å²) >= 11 is 0. The zero-order valence-corrected chi connectivity index (χ0v) is 23.3. The Morgan fingerprint density at radius 3 is 2.42 bits per heavy atom. The Kier molecular flexibility index (Phi) is 8.54. The number of carbonyl (C=O) groups is 2. The van der Waals surface area contributed by atoms with Crippen molar-refractivity contribution in [1.29, 1.82) is 0 Å². The first-order valence-electron chi connectivity index (χ1n) is 12.9. The number of likely N-dealkylation sites (N-methyl/N-ethyl adjacent to an activating group) is 1. The molecule has 1 fully saturated rings. The Hall–Kier alpha value is -3.21. The van der Waals surface area contributed by atoms with E-state index in [0.29, 0.717) is 50.4 Å². The summed E-state index contributed by atoms with van der Waals surface area (Å²) in [6.45, 7) is 7.96. The molecule has 2 aliphatic heterocycles. The molecular weight excluding hydrogens is 504 g/mol. The number of sulfonamides is 1. The summed E-state index contributed by atoms with van der Waals surface area (Å²) < 4.78 is 33.5. The van der Waals surface area contributed by atoms with Crippen LogP contribution in [0.5, 0.6) is 0 Å². The van der Waals surface area contributed by atoms with Crippen LogP contribution < -0.4 is 5.32 Å². The van der Waals surface area contributed by atoms with Crippen molar-refractivity contribution in [3.05, 3.63) is 76.5 Å². The summed E-state index contributed by atoms with van der Waals surface area (Å²) in [7, 11) is -1.97. The molecule has 0 aromatic heterocycles. The topological polar surface area (TPSA) is 99.3 Å². The number of ether oxygens (including phenoxy) is 1. The number of nitrogens with zero attached hydrogens (tertiary/aromatic N) is 3. The van der Waals surface area contributed by atoms with E-state index in [-0.39, 0.29) is 17.5 Å². The van der Waals surface area contributed by atoms with Crippen LogP contribution >= 0.6 is 0 Å². The number of nitrogens with one attached hydrogen (secondary N) is 1. The quantitative estimate of drug-likeness (QED) is 0.542. The molecule has 2 aliphatic rings. The largest absolute Gasteiger partial charge is 0.463 e. The van der Waals surface area contributed by atoms with E-state index in [1.54, 1.807) is 38.2 Å². The molecule has 2 amide bonds. The normalized spacial score (nSPS) is 19.7. The van der Waals surface area contributed by atoms with Crippen LogP contribution in [0.3, 0.4) is 0 Å². The van der Waals surface area contributed by atoms with Gasteiger partial charge in [0.25, 0.3) is 0 Å². The molecule has 0 spiro atoms. The second kappa shape index (κ2) is 11.7. The van der Waals surface area contributed by atoms with E-state index in [9.17, 15) is 18.0 Å². The number of amides is 2. The number of aryl methyl sites for hydroxylation is 2. The Bertz CT molecular complexity index is 1320. The zero-order chi connectivity index (χ0) is 27.4. The summed E-state index contributed by atoms with van der Waals surface area (Å²) in [6.07, 6.45) is 0.629. The van der Waals surface area contributed by atoms with E-state index in [1.165, 1.54) is 9.21 Å². The molecule has 9 nitrogen and oxygen atoms in total. The van der Waals surface area contributed by atoms with Crippen molar-refractivity contribution in [2.45, 2.75) is 38.1 Å². The molecule has 0 bridgehead atoms. The van der Waals surface area contributed by atoms with E-state index in [0.717, 1.165) is 16.7 Å². The van der Waals surface area contributed by atoms with Crippen LogP contribution in [0.2, 0.25) is 0 Å². The summed E-state index contributed by atoms with van der Waals surface area (Å²) in [6, 6.07) is 13.6. The van der Waals surface area contributed by atoms with Crippen molar-refractivity contribution in [3.63, 3.8) is 0 Å². The predicted molar refractivity (Wildman–Crippen MR) is 145 cm³/mol. The fraction of sp³-hybridized carbons (Fsp3) is 0.429. The molecule has 0 radical (unpaired) electrons. The van der Waals surface area contributed by atoms with Crippen molar-refractivity contribution in [1.82, 2.24) is 19.4 Å². The number of hydrogen-bond donors (Lipinski definition) is 1. The second-order valence-corrected chi connectivity index (χ2v) is 11.7. The maximum absolute atomic E-state index is 13.3. The van der Waals surface area contributed by atoms with Gasteiger partial charge in [0.2, 0.25) is 10.0 Å². The number of hydrogen-bond acceptors (Lipinski definition) is 6. The minimum absolute atomic E-state index is 0.212. The van der Waals surface area contributed by atoms with Crippen molar-refractivity contribution in [3.8, 4) is 0 Å². The average molecular weight is 541 g/mol. The Morgan fingerprint density at radius 1 is 1.03 bits per heavy atom. The van der Waals surface area contributed by atoms with Gasteiger partial charge in [0, 0.05) is 38.9 Å². The minimum Gasteiger partial charge on any atom is -0.463 e. The molecule has 2 aromatic rings. The van der Waals surface area contributed by atoms with Gasteiger partial charge in [0.05, 0.1) is 23.1 Å². The number of urea groups is 1. The van der Waals surface area contributed by atoms with Crippen LogP contribution in [-0.2, 0) is 19.6 Å². The molecule has 204 valence electrons. The number of rotatable bonds is 7. The maximum Gasteiger partial charge on any atom is 0.338 e. The fourth-order valence-corrected chi connectivity index (χ4v) is 6.43.